The SMILES string of the molecule is CC(C)(C)[Si](C)(C)OC12CC3C4CC56CC7(O[Si](C)(C)C(C)(C)C)CC8C9CC(C1)(C3C85)C(C4C2)C6C9C7. The van der Waals surface area contributed by atoms with Crippen molar-refractivity contribution in [3.63, 3.8) is 0 Å². The van der Waals surface area contributed by atoms with E-state index < -0.39 is 16.6 Å². The summed E-state index contributed by atoms with van der Waals surface area (Å²) in [5.74, 6) is 10.3. The highest BCUT2D eigenvalue weighted by molar-refractivity contribution is 6.74. The van der Waals surface area contributed by atoms with Crippen molar-refractivity contribution < 1.29 is 8.85 Å². The van der Waals surface area contributed by atoms with Gasteiger partial charge in [0.1, 0.15) is 0 Å². The van der Waals surface area contributed by atoms with Crippen LogP contribution in [0.1, 0.15) is 92.9 Å². The molecule has 0 saturated heterocycles. The van der Waals surface area contributed by atoms with Crippen LogP contribution in [-0.4, -0.2) is 27.8 Å². The zero-order valence-corrected chi connectivity index (χ0v) is 28.2. The molecule has 0 heterocycles. The molecule has 0 amide bonds. The lowest BCUT2D eigenvalue weighted by atomic mass is 9.13. The fraction of sp³-hybridized carbons (Fsp3) is 1.00. The van der Waals surface area contributed by atoms with Crippen LogP contribution < -0.4 is 0 Å². The van der Waals surface area contributed by atoms with Crippen LogP contribution in [0.15, 0.2) is 0 Å². The van der Waals surface area contributed by atoms with E-state index in [0.717, 1.165) is 59.2 Å². The Hall–Kier alpha value is 0.354. The summed E-state index contributed by atoms with van der Waals surface area (Å²) in [6.07, 6.45) is 11.9. The van der Waals surface area contributed by atoms with Crippen molar-refractivity contribution in [1.29, 1.82) is 0 Å². The largest absolute Gasteiger partial charge is 0.411 e. The molecule has 13 rings (SSSR count). The van der Waals surface area contributed by atoms with Crippen LogP contribution in [0.2, 0.25) is 36.3 Å². The molecule has 13 fully saturated rings. The Balaban J connectivity index is 1.13. The van der Waals surface area contributed by atoms with E-state index in [1.54, 1.807) is 12.8 Å². The van der Waals surface area contributed by atoms with Crippen molar-refractivity contribution in [3.05, 3.63) is 0 Å². The zero-order chi connectivity index (χ0) is 26.8. The molecular formula is C34H56O2Si2. The molecule has 0 aliphatic heterocycles. The molecule has 8 unspecified atom stereocenters. The topological polar surface area (TPSA) is 18.5 Å². The molecule has 13 aliphatic carbocycles. The first-order valence-corrected chi connectivity index (χ1v) is 22.6. The Bertz CT molecular complexity index is 996. The van der Waals surface area contributed by atoms with Crippen LogP contribution in [-0.2, 0) is 8.85 Å². The van der Waals surface area contributed by atoms with Crippen molar-refractivity contribution in [2.24, 2.45) is 70.0 Å². The van der Waals surface area contributed by atoms with Crippen LogP contribution in [0.3, 0.4) is 0 Å². The van der Waals surface area contributed by atoms with Crippen LogP contribution in [0.5, 0.6) is 0 Å². The van der Waals surface area contributed by atoms with Crippen molar-refractivity contribution in [3.8, 4) is 0 Å². The van der Waals surface area contributed by atoms with E-state index in [0.29, 0.717) is 20.9 Å². The minimum atomic E-state index is -1.78. The molecule has 8 atom stereocenters. The Morgan fingerprint density at radius 1 is 0.474 bits per heavy atom. The third-order valence-corrected chi connectivity index (χ3v) is 26.1. The van der Waals surface area contributed by atoms with Gasteiger partial charge in [0.2, 0.25) is 0 Å². The average Bonchev–Trinajstić information content (AvgIpc) is 2.74. The maximum absolute atomic E-state index is 7.62. The van der Waals surface area contributed by atoms with Gasteiger partial charge in [-0.1, -0.05) is 41.5 Å². The second kappa shape index (κ2) is 6.32. The Morgan fingerprint density at radius 3 is 1.03 bits per heavy atom. The molecule has 212 valence electrons. The van der Waals surface area contributed by atoms with E-state index in [2.05, 4.69) is 67.7 Å². The summed E-state index contributed by atoms with van der Waals surface area (Å²) in [5.41, 5.74) is 1.81. The number of rotatable bonds is 4. The zero-order valence-electron chi connectivity index (χ0n) is 26.2. The lowest BCUT2D eigenvalue weighted by molar-refractivity contribution is -0.453. The lowest BCUT2D eigenvalue weighted by Crippen LogP contribution is -2.89. The normalized spacial score (nSPS) is 60.2. The van der Waals surface area contributed by atoms with Crippen LogP contribution in [0.25, 0.3) is 0 Å². The summed E-state index contributed by atoms with van der Waals surface area (Å²) in [7, 11) is -3.55. The molecule has 2 nitrogen and oxygen atoms in total. The quantitative estimate of drug-likeness (QED) is 0.324. The summed E-state index contributed by atoms with van der Waals surface area (Å²) in [6.45, 7) is 25.0. The third-order valence-electron chi connectivity index (χ3n) is 17.0. The predicted octanol–water partition coefficient (Wildman–Crippen LogP) is 8.89. The van der Waals surface area contributed by atoms with Gasteiger partial charge in [-0.25, -0.2) is 0 Å². The van der Waals surface area contributed by atoms with E-state index in [1.807, 2.05) is 0 Å². The van der Waals surface area contributed by atoms with Crippen molar-refractivity contribution in [1.82, 2.24) is 0 Å². The molecule has 13 aliphatic rings. The maximum atomic E-state index is 7.62. The van der Waals surface area contributed by atoms with Gasteiger partial charge < -0.3 is 8.85 Å². The van der Waals surface area contributed by atoms with Gasteiger partial charge in [-0.05, 0) is 158 Å². The molecule has 14 bridgehead atoms. The summed E-state index contributed by atoms with van der Waals surface area (Å²) in [4.78, 5) is 0. The van der Waals surface area contributed by atoms with Gasteiger partial charge in [0.25, 0.3) is 0 Å². The Labute approximate surface area is 235 Å². The average molecular weight is 553 g/mol. The molecule has 13 saturated carbocycles. The second-order valence-electron chi connectivity index (χ2n) is 20.2. The Kier molecular flexibility index (Phi) is 4.14. The van der Waals surface area contributed by atoms with Crippen molar-refractivity contribution in [2.75, 3.05) is 0 Å². The van der Waals surface area contributed by atoms with Gasteiger partial charge in [-0.2, -0.15) is 0 Å². The predicted molar refractivity (Wildman–Crippen MR) is 159 cm³/mol. The summed E-state index contributed by atoms with van der Waals surface area (Å²) in [5, 5.41) is 0.635. The van der Waals surface area contributed by atoms with E-state index in [9.17, 15) is 0 Å². The van der Waals surface area contributed by atoms with E-state index >= 15 is 0 Å². The maximum Gasteiger partial charge on any atom is 0.192 e. The fourth-order valence-electron chi connectivity index (χ4n) is 15.1. The first kappa shape index (κ1) is 24.9. The molecule has 4 heteroatoms. The number of hydrogen-bond acceptors (Lipinski definition) is 2. The third kappa shape index (κ3) is 2.44. The van der Waals surface area contributed by atoms with E-state index in [-0.39, 0.29) is 11.2 Å². The molecule has 0 radical (unpaired) electrons. The van der Waals surface area contributed by atoms with Crippen LogP contribution in [0, 0.1) is 70.0 Å². The number of hydrogen-bond donors (Lipinski definition) is 0. The lowest BCUT2D eigenvalue weighted by Gasteiger charge is -2.92. The molecule has 2 spiro atoms. The van der Waals surface area contributed by atoms with Crippen molar-refractivity contribution in [2.45, 2.75) is 140 Å². The van der Waals surface area contributed by atoms with Gasteiger partial charge in [0, 0.05) is 0 Å². The molecule has 0 aromatic heterocycles. The minimum Gasteiger partial charge on any atom is -0.411 e. The van der Waals surface area contributed by atoms with Crippen LogP contribution >= 0.6 is 0 Å². The summed E-state index contributed by atoms with van der Waals surface area (Å²) >= 11 is 0. The summed E-state index contributed by atoms with van der Waals surface area (Å²) < 4.78 is 15.2. The van der Waals surface area contributed by atoms with E-state index in [1.165, 1.54) is 38.5 Å². The highest BCUT2D eigenvalue weighted by Gasteiger charge is 2.89. The minimum absolute atomic E-state index is 0.238. The Morgan fingerprint density at radius 2 is 0.763 bits per heavy atom. The molecule has 38 heavy (non-hydrogen) atoms. The van der Waals surface area contributed by atoms with E-state index in [4.69, 9.17) is 8.85 Å². The monoisotopic (exact) mass is 552 g/mol. The van der Waals surface area contributed by atoms with Gasteiger partial charge in [0.05, 0.1) is 11.2 Å². The smallest absolute Gasteiger partial charge is 0.192 e. The molecule has 0 aromatic carbocycles. The molecule has 0 aromatic rings. The van der Waals surface area contributed by atoms with Crippen molar-refractivity contribution >= 4 is 16.6 Å². The van der Waals surface area contributed by atoms with Gasteiger partial charge >= 0.3 is 0 Å². The fourth-order valence-corrected chi connectivity index (χ4v) is 18.4. The van der Waals surface area contributed by atoms with Gasteiger partial charge in [0.15, 0.2) is 16.6 Å². The standard InChI is InChI=1S/C34H56O2Si2/c1-29(2,3)37(7,8)35-31-11-21-19-16-34-18-32(36-38(9,10)30(4,5)6)13-23-20-15-33(17-31,25(21)27(23)34)26(22(19)12-31)28(34)24(20)14-32/h19-28H,11-18H2,1-10H3. The highest BCUT2D eigenvalue weighted by Crippen LogP contribution is 2.93. The second-order valence-corrected chi connectivity index (χ2v) is 29.7. The first-order chi connectivity index (χ1) is 17.4. The highest BCUT2D eigenvalue weighted by atomic mass is 28.4. The summed E-state index contributed by atoms with van der Waals surface area (Å²) in [6, 6.07) is 0. The first-order valence-electron chi connectivity index (χ1n) is 16.8. The molecule has 0 N–H and O–H groups in total. The molecular weight excluding hydrogens is 497 g/mol. The van der Waals surface area contributed by atoms with Crippen LogP contribution in [0.4, 0.5) is 0 Å². The van der Waals surface area contributed by atoms with Gasteiger partial charge in [-0.15, -0.1) is 0 Å². The van der Waals surface area contributed by atoms with Gasteiger partial charge in [-0.3, -0.25) is 0 Å².